The van der Waals surface area contributed by atoms with Crippen LogP contribution in [-0.2, 0) is 11.3 Å². The second-order valence-corrected chi connectivity index (χ2v) is 5.35. The summed E-state index contributed by atoms with van der Waals surface area (Å²) in [6, 6.07) is 5.69. The number of carbonyl (C=O) groups is 1. The number of anilines is 1. The second-order valence-electron chi connectivity index (χ2n) is 4.56. The van der Waals surface area contributed by atoms with Crippen molar-refractivity contribution in [2.45, 2.75) is 20.1 Å². The topological polar surface area (TPSA) is 99.3 Å². The van der Waals surface area contributed by atoms with Crippen LogP contribution in [0.15, 0.2) is 28.7 Å². The van der Waals surface area contributed by atoms with E-state index in [1.165, 1.54) is 24.3 Å². The average molecular weight is 405 g/mol. The SMILES string of the molecule is Cc1c(Br)c([N+](=O)[O-])nn1CC(=O)Nc1ccccc1OC(F)F. The molecular formula is C13H11BrF2N4O4. The minimum Gasteiger partial charge on any atom is -0.433 e. The molecule has 2 rings (SSSR count). The van der Waals surface area contributed by atoms with Gasteiger partial charge in [-0.15, -0.1) is 0 Å². The summed E-state index contributed by atoms with van der Waals surface area (Å²) in [7, 11) is 0. The van der Waals surface area contributed by atoms with E-state index in [9.17, 15) is 23.7 Å². The van der Waals surface area contributed by atoms with Crippen LogP contribution in [0.4, 0.5) is 20.3 Å². The van der Waals surface area contributed by atoms with E-state index >= 15 is 0 Å². The summed E-state index contributed by atoms with van der Waals surface area (Å²) in [6.45, 7) is -1.82. The average Bonchev–Trinajstić information content (AvgIpc) is 2.77. The van der Waals surface area contributed by atoms with Crippen molar-refractivity contribution in [3.05, 3.63) is 44.5 Å². The number of aromatic nitrogens is 2. The fraction of sp³-hybridized carbons (Fsp3) is 0.231. The molecule has 1 heterocycles. The molecular weight excluding hydrogens is 394 g/mol. The van der Waals surface area contributed by atoms with Crippen LogP contribution in [0.25, 0.3) is 0 Å². The number of carbonyl (C=O) groups excluding carboxylic acids is 1. The van der Waals surface area contributed by atoms with Gasteiger partial charge in [0.05, 0.1) is 16.5 Å². The van der Waals surface area contributed by atoms with Crippen molar-refractivity contribution in [1.29, 1.82) is 0 Å². The number of hydrogen-bond acceptors (Lipinski definition) is 5. The highest BCUT2D eigenvalue weighted by molar-refractivity contribution is 9.10. The van der Waals surface area contributed by atoms with E-state index in [0.29, 0.717) is 5.69 Å². The molecule has 0 aliphatic heterocycles. The molecule has 0 atom stereocenters. The van der Waals surface area contributed by atoms with Crippen LogP contribution in [0.5, 0.6) is 5.75 Å². The summed E-state index contributed by atoms with van der Waals surface area (Å²) in [4.78, 5) is 22.2. The van der Waals surface area contributed by atoms with Crippen molar-refractivity contribution in [2.75, 3.05) is 5.32 Å². The highest BCUT2D eigenvalue weighted by Gasteiger charge is 2.24. The molecule has 1 aromatic carbocycles. The molecule has 0 radical (unpaired) electrons. The Labute approximate surface area is 142 Å². The molecule has 0 unspecified atom stereocenters. The summed E-state index contributed by atoms with van der Waals surface area (Å²) in [6.07, 6.45) is 0. The lowest BCUT2D eigenvalue weighted by Crippen LogP contribution is -2.21. The zero-order valence-corrected chi connectivity index (χ0v) is 13.8. The van der Waals surface area contributed by atoms with Crippen molar-refractivity contribution >= 4 is 33.3 Å². The molecule has 1 N–H and O–H groups in total. The number of rotatable bonds is 6. The Kier molecular flexibility index (Phi) is 5.44. The van der Waals surface area contributed by atoms with Crippen molar-refractivity contribution in [3.8, 4) is 5.75 Å². The van der Waals surface area contributed by atoms with E-state index in [4.69, 9.17) is 0 Å². The van der Waals surface area contributed by atoms with Gasteiger partial charge < -0.3 is 20.2 Å². The lowest BCUT2D eigenvalue weighted by molar-refractivity contribution is -0.390. The van der Waals surface area contributed by atoms with Gasteiger partial charge in [0.2, 0.25) is 5.91 Å². The van der Waals surface area contributed by atoms with Crippen LogP contribution in [-0.4, -0.2) is 27.2 Å². The fourth-order valence-electron chi connectivity index (χ4n) is 1.87. The molecule has 1 aromatic heterocycles. The third kappa shape index (κ3) is 4.04. The smallest absolute Gasteiger partial charge is 0.404 e. The summed E-state index contributed by atoms with van der Waals surface area (Å²) in [5.74, 6) is -1.21. The fourth-order valence-corrected chi connectivity index (χ4v) is 2.30. The van der Waals surface area contributed by atoms with Gasteiger partial charge in [-0.1, -0.05) is 12.1 Å². The molecule has 0 saturated heterocycles. The maximum atomic E-state index is 12.3. The molecule has 8 nitrogen and oxygen atoms in total. The number of ether oxygens (including phenoxy) is 1. The summed E-state index contributed by atoms with van der Waals surface area (Å²) in [5.41, 5.74) is 0.440. The first kappa shape index (κ1) is 17.8. The van der Waals surface area contributed by atoms with E-state index in [1.807, 2.05) is 0 Å². The van der Waals surface area contributed by atoms with Crippen LogP contribution in [0, 0.1) is 17.0 Å². The third-order valence-corrected chi connectivity index (χ3v) is 3.89. The Morgan fingerprint density at radius 2 is 2.17 bits per heavy atom. The molecule has 0 saturated carbocycles. The molecule has 0 bridgehead atoms. The first-order valence-electron chi connectivity index (χ1n) is 6.50. The minimum absolute atomic E-state index is 0.0566. The van der Waals surface area contributed by atoms with Gasteiger partial charge in [0.15, 0.2) is 0 Å². The molecule has 0 aliphatic carbocycles. The highest BCUT2D eigenvalue weighted by atomic mass is 79.9. The predicted octanol–water partition coefficient (Wildman–Crippen LogP) is 3.10. The minimum atomic E-state index is -3.03. The van der Waals surface area contributed by atoms with Gasteiger partial charge in [-0.25, -0.2) is 0 Å². The zero-order valence-electron chi connectivity index (χ0n) is 12.2. The predicted molar refractivity (Wildman–Crippen MR) is 83.0 cm³/mol. The molecule has 2 aromatic rings. The van der Waals surface area contributed by atoms with E-state index in [0.717, 1.165) is 4.68 Å². The van der Waals surface area contributed by atoms with Gasteiger partial charge in [0, 0.05) is 0 Å². The Morgan fingerprint density at radius 1 is 1.50 bits per heavy atom. The number of nitrogens with one attached hydrogen (secondary N) is 1. The Bertz CT molecular complexity index is 781. The molecule has 1 amide bonds. The first-order chi connectivity index (χ1) is 11.3. The van der Waals surface area contributed by atoms with Gasteiger partial charge >= 0.3 is 12.4 Å². The molecule has 11 heteroatoms. The standard InChI is InChI=1S/C13H11BrF2N4O4/c1-7-11(14)12(20(22)23)18-19(7)6-10(21)17-8-4-2-3-5-9(8)24-13(15)16/h2-5,13H,6H2,1H3,(H,17,21). The Balaban J connectivity index is 2.15. The largest absolute Gasteiger partial charge is 0.433 e. The molecule has 0 aliphatic rings. The van der Waals surface area contributed by atoms with Crippen molar-refractivity contribution < 1.29 is 23.2 Å². The Hall–Kier alpha value is -2.56. The van der Waals surface area contributed by atoms with E-state index in [1.54, 1.807) is 6.92 Å². The van der Waals surface area contributed by atoms with Gasteiger partial charge in [-0.2, -0.15) is 13.5 Å². The number of halogens is 3. The van der Waals surface area contributed by atoms with Gasteiger partial charge in [0.1, 0.15) is 16.8 Å². The van der Waals surface area contributed by atoms with E-state index in [2.05, 4.69) is 31.1 Å². The monoisotopic (exact) mass is 404 g/mol. The highest BCUT2D eigenvalue weighted by Crippen LogP contribution is 2.28. The maximum absolute atomic E-state index is 12.3. The molecule has 0 fully saturated rings. The van der Waals surface area contributed by atoms with Crippen LogP contribution in [0.2, 0.25) is 0 Å². The quantitative estimate of drug-likeness (QED) is 0.588. The van der Waals surface area contributed by atoms with Crippen molar-refractivity contribution in [1.82, 2.24) is 9.78 Å². The van der Waals surface area contributed by atoms with Crippen LogP contribution < -0.4 is 10.1 Å². The van der Waals surface area contributed by atoms with E-state index < -0.39 is 23.3 Å². The number of benzene rings is 1. The molecule has 128 valence electrons. The van der Waals surface area contributed by atoms with Gasteiger partial charge in [-0.3, -0.25) is 4.79 Å². The number of nitro groups is 1. The number of amides is 1. The number of hydrogen-bond donors (Lipinski definition) is 1. The normalized spacial score (nSPS) is 10.7. The molecule has 0 spiro atoms. The maximum Gasteiger partial charge on any atom is 0.404 e. The van der Waals surface area contributed by atoms with Gasteiger partial charge in [0.25, 0.3) is 0 Å². The lowest BCUT2D eigenvalue weighted by Gasteiger charge is -2.11. The molecule has 24 heavy (non-hydrogen) atoms. The summed E-state index contributed by atoms with van der Waals surface area (Å²) >= 11 is 3.04. The first-order valence-corrected chi connectivity index (χ1v) is 7.30. The van der Waals surface area contributed by atoms with E-state index in [-0.39, 0.29) is 22.5 Å². The van der Waals surface area contributed by atoms with Crippen molar-refractivity contribution in [2.24, 2.45) is 0 Å². The summed E-state index contributed by atoms with van der Waals surface area (Å²) < 4.78 is 30.3. The second kappa shape index (κ2) is 7.34. The summed E-state index contributed by atoms with van der Waals surface area (Å²) in [5, 5.41) is 16.9. The van der Waals surface area contributed by atoms with Crippen LogP contribution in [0.3, 0.4) is 0 Å². The number of nitrogens with zero attached hydrogens (tertiary/aromatic N) is 3. The Morgan fingerprint density at radius 3 is 2.75 bits per heavy atom. The number of para-hydroxylation sites is 2. The number of alkyl halides is 2. The zero-order chi connectivity index (χ0) is 17.9. The van der Waals surface area contributed by atoms with Gasteiger partial charge in [-0.05, 0) is 39.9 Å². The third-order valence-electron chi connectivity index (χ3n) is 2.96. The lowest BCUT2D eigenvalue weighted by atomic mass is 10.3. The van der Waals surface area contributed by atoms with Crippen molar-refractivity contribution in [3.63, 3.8) is 0 Å². The van der Waals surface area contributed by atoms with Crippen LogP contribution in [0.1, 0.15) is 5.69 Å². The van der Waals surface area contributed by atoms with Crippen LogP contribution >= 0.6 is 15.9 Å².